The van der Waals surface area contributed by atoms with Crippen molar-refractivity contribution in [1.82, 2.24) is 9.55 Å². The summed E-state index contributed by atoms with van der Waals surface area (Å²) in [7, 11) is 0. The van der Waals surface area contributed by atoms with Crippen LogP contribution in [0.1, 0.15) is 0 Å². The minimum Gasteiger partial charge on any atom is -0.493 e. The summed E-state index contributed by atoms with van der Waals surface area (Å²) >= 11 is 0. The van der Waals surface area contributed by atoms with Crippen molar-refractivity contribution in [2.75, 3.05) is 6.54 Å². The normalized spacial score (nSPS) is 10.6. The predicted molar refractivity (Wildman–Crippen MR) is 61.2 cm³/mol. The number of H-pyrrole nitrogens is 1. The summed E-state index contributed by atoms with van der Waals surface area (Å²) in [5.74, 6) is -0.121. The molecule has 1 aromatic carbocycles. The molecule has 0 saturated heterocycles. The molecular formula is C11H13N3O2. The Morgan fingerprint density at radius 2 is 2.00 bits per heavy atom. The van der Waals surface area contributed by atoms with E-state index < -0.39 is 0 Å². The van der Waals surface area contributed by atoms with Crippen molar-refractivity contribution in [3.05, 3.63) is 40.8 Å². The number of aromatic hydroxyl groups is 1. The standard InChI is InChI=1S/C11H13N3O2/c12-6-7-14-9(10(15)13-11(14)16)8-4-2-1-3-5-8/h1-5,15H,6-7,12H2,(H,13,16). The zero-order valence-electron chi connectivity index (χ0n) is 8.68. The molecule has 0 atom stereocenters. The average molecular weight is 219 g/mol. The molecule has 0 bridgehead atoms. The van der Waals surface area contributed by atoms with Gasteiger partial charge in [0.2, 0.25) is 5.88 Å². The Labute approximate surface area is 92.2 Å². The van der Waals surface area contributed by atoms with Gasteiger partial charge >= 0.3 is 5.69 Å². The third-order valence-corrected chi connectivity index (χ3v) is 2.36. The van der Waals surface area contributed by atoms with E-state index in [4.69, 9.17) is 5.73 Å². The van der Waals surface area contributed by atoms with Crippen LogP contribution in [0.5, 0.6) is 5.88 Å². The number of nitrogens with zero attached hydrogens (tertiary/aromatic N) is 1. The first-order valence-corrected chi connectivity index (χ1v) is 5.01. The fourth-order valence-corrected chi connectivity index (χ4v) is 1.69. The molecule has 0 radical (unpaired) electrons. The van der Waals surface area contributed by atoms with Gasteiger partial charge in [-0.25, -0.2) is 4.79 Å². The summed E-state index contributed by atoms with van der Waals surface area (Å²) in [6, 6.07) is 9.22. The number of nitrogens with two attached hydrogens (primary N) is 1. The van der Waals surface area contributed by atoms with E-state index in [1.165, 1.54) is 4.57 Å². The zero-order valence-corrected chi connectivity index (χ0v) is 8.68. The van der Waals surface area contributed by atoms with Crippen molar-refractivity contribution >= 4 is 0 Å². The van der Waals surface area contributed by atoms with Crippen LogP contribution in [0.3, 0.4) is 0 Å². The molecule has 0 aliphatic carbocycles. The molecular weight excluding hydrogens is 206 g/mol. The van der Waals surface area contributed by atoms with E-state index in [9.17, 15) is 9.90 Å². The average Bonchev–Trinajstić information content (AvgIpc) is 2.56. The molecule has 0 saturated carbocycles. The molecule has 0 amide bonds. The van der Waals surface area contributed by atoms with Gasteiger partial charge in [-0.2, -0.15) is 0 Å². The van der Waals surface area contributed by atoms with Crippen molar-refractivity contribution in [2.24, 2.45) is 5.73 Å². The lowest BCUT2D eigenvalue weighted by Gasteiger charge is -2.05. The van der Waals surface area contributed by atoms with E-state index >= 15 is 0 Å². The van der Waals surface area contributed by atoms with E-state index in [1.54, 1.807) is 0 Å². The van der Waals surface area contributed by atoms with E-state index in [0.717, 1.165) is 5.56 Å². The lowest BCUT2D eigenvalue weighted by molar-refractivity contribution is 0.457. The van der Waals surface area contributed by atoms with E-state index in [2.05, 4.69) is 4.98 Å². The molecule has 0 spiro atoms. The first-order chi connectivity index (χ1) is 7.74. The van der Waals surface area contributed by atoms with E-state index in [-0.39, 0.29) is 11.6 Å². The molecule has 2 rings (SSSR count). The first-order valence-electron chi connectivity index (χ1n) is 5.01. The Balaban J connectivity index is 2.60. The number of hydrogen-bond acceptors (Lipinski definition) is 3. The van der Waals surface area contributed by atoms with Gasteiger partial charge in [0.15, 0.2) is 0 Å². The Morgan fingerprint density at radius 3 is 2.62 bits per heavy atom. The van der Waals surface area contributed by atoms with Crippen molar-refractivity contribution in [3.8, 4) is 17.1 Å². The molecule has 16 heavy (non-hydrogen) atoms. The Bertz CT molecular complexity index is 528. The lowest BCUT2D eigenvalue weighted by atomic mass is 10.1. The number of aromatic nitrogens is 2. The van der Waals surface area contributed by atoms with Gasteiger partial charge in [-0.1, -0.05) is 30.3 Å². The molecule has 2 aromatic rings. The predicted octanol–water partition coefficient (Wildman–Crippen LogP) is 0.508. The highest BCUT2D eigenvalue weighted by molar-refractivity contribution is 5.64. The van der Waals surface area contributed by atoms with Crippen molar-refractivity contribution in [2.45, 2.75) is 6.54 Å². The van der Waals surface area contributed by atoms with Crippen molar-refractivity contribution in [3.63, 3.8) is 0 Å². The van der Waals surface area contributed by atoms with Gasteiger partial charge in [-0.05, 0) is 0 Å². The number of aromatic amines is 1. The smallest absolute Gasteiger partial charge is 0.328 e. The monoisotopic (exact) mass is 219 g/mol. The number of rotatable bonds is 3. The third kappa shape index (κ3) is 1.72. The van der Waals surface area contributed by atoms with Crippen LogP contribution in [-0.2, 0) is 6.54 Å². The van der Waals surface area contributed by atoms with E-state index in [0.29, 0.717) is 18.8 Å². The van der Waals surface area contributed by atoms with Gasteiger partial charge in [0.1, 0.15) is 5.69 Å². The largest absolute Gasteiger partial charge is 0.493 e. The second kappa shape index (κ2) is 4.24. The van der Waals surface area contributed by atoms with E-state index in [1.807, 2.05) is 30.3 Å². The zero-order chi connectivity index (χ0) is 11.5. The molecule has 4 N–H and O–H groups in total. The first kappa shape index (κ1) is 10.5. The lowest BCUT2D eigenvalue weighted by Crippen LogP contribution is -2.22. The topological polar surface area (TPSA) is 84.0 Å². The van der Waals surface area contributed by atoms with Gasteiger partial charge in [-0.15, -0.1) is 0 Å². The minimum atomic E-state index is -0.346. The quantitative estimate of drug-likeness (QED) is 0.703. The maximum absolute atomic E-state index is 11.5. The molecule has 5 heteroatoms. The molecule has 0 fully saturated rings. The van der Waals surface area contributed by atoms with Crippen LogP contribution in [-0.4, -0.2) is 21.2 Å². The van der Waals surface area contributed by atoms with Crippen LogP contribution >= 0.6 is 0 Å². The fraction of sp³-hybridized carbons (Fsp3) is 0.182. The second-order valence-corrected chi connectivity index (χ2v) is 3.43. The number of benzene rings is 1. The summed E-state index contributed by atoms with van der Waals surface area (Å²) < 4.78 is 1.44. The molecule has 1 aromatic heterocycles. The van der Waals surface area contributed by atoms with Gasteiger partial charge in [0, 0.05) is 18.7 Å². The van der Waals surface area contributed by atoms with Crippen LogP contribution in [0.2, 0.25) is 0 Å². The Kier molecular flexibility index (Phi) is 2.78. The highest BCUT2D eigenvalue weighted by atomic mass is 16.3. The molecule has 1 heterocycles. The van der Waals surface area contributed by atoms with Crippen LogP contribution in [0, 0.1) is 0 Å². The Morgan fingerprint density at radius 1 is 1.31 bits per heavy atom. The van der Waals surface area contributed by atoms with Crippen LogP contribution < -0.4 is 11.4 Å². The van der Waals surface area contributed by atoms with Crippen LogP contribution in [0.25, 0.3) is 11.3 Å². The third-order valence-electron chi connectivity index (χ3n) is 2.36. The number of hydrogen-bond donors (Lipinski definition) is 3. The van der Waals surface area contributed by atoms with Gasteiger partial charge in [0.25, 0.3) is 0 Å². The minimum absolute atomic E-state index is 0.121. The molecule has 84 valence electrons. The van der Waals surface area contributed by atoms with Gasteiger partial charge in [-0.3, -0.25) is 9.55 Å². The fourth-order valence-electron chi connectivity index (χ4n) is 1.69. The summed E-state index contributed by atoms with van der Waals surface area (Å²) in [6.07, 6.45) is 0. The number of imidazole rings is 1. The van der Waals surface area contributed by atoms with Crippen molar-refractivity contribution in [1.29, 1.82) is 0 Å². The number of nitrogens with one attached hydrogen (secondary N) is 1. The summed E-state index contributed by atoms with van der Waals surface area (Å²) in [5.41, 5.74) is 6.35. The summed E-state index contributed by atoms with van der Waals surface area (Å²) in [4.78, 5) is 13.9. The highest BCUT2D eigenvalue weighted by Gasteiger charge is 2.13. The Hall–Kier alpha value is -2.01. The van der Waals surface area contributed by atoms with Gasteiger partial charge in [0.05, 0.1) is 0 Å². The van der Waals surface area contributed by atoms with Crippen LogP contribution in [0.15, 0.2) is 35.1 Å². The summed E-state index contributed by atoms with van der Waals surface area (Å²) in [6.45, 7) is 0.719. The SMILES string of the molecule is NCCn1c(-c2ccccc2)c(O)[nH]c1=O. The van der Waals surface area contributed by atoms with Crippen molar-refractivity contribution < 1.29 is 5.11 Å². The second-order valence-electron chi connectivity index (χ2n) is 3.43. The molecule has 0 aliphatic heterocycles. The summed E-state index contributed by atoms with van der Waals surface area (Å²) in [5, 5.41) is 9.68. The molecule has 0 aliphatic rings. The van der Waals surface area contributed by atoms with Crippen LogP contribution in [0.4, 0.5) is 0 Å². The van der Waals surface area contributed by atoms with Gasteiger partial charge < -0.3 is 10.8 Å². The maximum atomic E-state index is 11.5. The maximum Gasteiger partial charge on any atom is 0.328 e. The highest BCUT2D eigenvalue weighted by Crippen LogP contribution is 2.25. The molecule has 5 nitrogen and oxygen atoms in total. The molecule has 0 unspecified atom stereocenters.